The van der Waals surface area contributed by atoms with Crippen molar-refractivity contribution in [1.29, 1.82) is 0 Å². The fourth-order valence-electron chi connectivity index (χ4n) is 1.43. The van der Waals surface area contributed by atoms with Crippen molar-refractivity contribution >= 4 is 23.0 Å². The number of hydrogen-bond acceptors (Lipinski definition) is 4. The summed E-state index contributed by atoms with van der Waals surface area (Å²) in [7, 11) is 0. The summed E-state index contributed by atoms with van der Waals surface area (Å²) in [6.07, 6.45) is 0. The van der Waals surface area contributed by atoms with Gasteiger partial charge in [-0.25, -0.2) is 0 Å². The molecular formula is C13H9NO3S. The van der Waals surface area contributed by atoms with Crippen LogP contribution in [0.3, 0.4) is 0 Å². The molecule has 0 N–H and O–H groups in total. The Balaban J connectivity index is 2.25. The number of nitro groups is 1. The van der Waals surface area contributed by atoms with E-state index in [0.29, 0.717) is 5.56 Å². The van der Waals surface area contributed by atoms with Gasteiger partial charge in [-0.2, -0.15) is 0 Å². The zero-order valence-corrected chi connectivity index (χ0v) is 10.1. The van der Waals surface area contributed by atoms with Crippen molar-refractivity contribution in [3.63, 3.8) is 0 Å². The van der Waals surface area contributed by atoms with Crippen LogP contribution in [0, 0.1) is 10.1 Å². The van der Waals surface area contributed by atoms with Crippen LogP contribution in [0.15, 0.2) is 54.6 Å². The monoisotopic (exact) mass is 259 g/mol. The van der Waals surface area contributed by atoms with Gasteiger partial charge in [0.25, 0.3) is 0 Å². The highest BCUT2D eigenvalue weighted by atomic mass is 32.1. The van der Waals surface area contributed by atoms with Crippen LogP contribution in [-0.2, 0) is 0 Å². The molecule has 0 aliphatic rings. The van der Waals surface area contributed by atoms with E-state index in [1.165, 1.54) is 12.1 Å². The molecule has 2 aromatic rings. The largest absolute Gasteiger partial charge is 0.438 e. The predicted molar refractivity (Wildman–Crippen MR) is 71.9 cm³/mol. The fraction of sp³-hybridized carbons (Fsp3) is 0. The summed E-state index contributed by atoms with van der Waals surface area (Å²) < 4.78 is 5.38. The Bertz CT molecular complexity index is 584. The maximum absolute atomic E-state index is 10.8. The zero-order chi connectivity index (χ0) is 13.0. The number of hydrogen-bond donors (Lipinski definition) is 0. The third-order valence-corrected chi connectivity index (χ3v) is 2.59. The number of para-hydroxylation sites is 2. The van der Waals surface area contributed by atoms with Crippen molar-refractivity contribution < 1.29 is 9.66 Å². The van der Waals surface area contributed by atoms with Crippen LogP contribution in [-0.4, -0.2) is 9.97 Å². The van der Waals surface area contributed by atoms with Crippen molar-refractivity contribution in [1.82, 2.24) is 0 Å². The van der Waals surface area contributed by atoms with E-state index in [2.05, 4.69) is 0 Å². The van der Waals surface area contributed by atoms with Gasteiger partial charge in [0, 0.05) is 11.6 Å². The van der Waals surface area contributed by atoms with Gasteiger partial charge < -0.3 is 4.74 Å². The summed E-state index contributed by atoms with van der Waals surface area (Å²) >= 11 is 5.10. The summed E-state index contributed by atoms with van der Waals surface area (Å²) in [6.45, 7) is 0. The Kier molecular flexibility index (Phi) is 3.64. The molecule has 0 radical (unpaired) electrons. The highest BCUT2D eigenvalue weighted by Gasteiger charge is 2.15. The van der Waals surface area contributed by atoms with E-state index in [9.17, 15) is 10.1 Å². The van der Waals surface area contributed by atoms with Crippen LogP contribution in [0.5, 0.6) is 5.75 Å². The minimum atomic E-state index is -0.497. The van der Waals surface area contributed by atoms with Gasteiger partial charge in [-0.15, -0.1) is 0 Å². The molecule has 2 rings (SSSR count). The van der Waals surface area contributed by atoms with E-state index in [0.717, 1.165) is 0 Å². The minimum absolute atomic E-state index is 0.101. The van der Waals surface area contributed by atoms with Crippen LogP contribution in [0.4, 0.5) is 5.69 Å². The fourth-order valence-corrected chi connectivity index (χ4v) is 1.65. The number of benzene rings is 2. The number of ether oxygens (including phenoxy) is 1. The lowest BCUT2D eigenvalue weighted by Crippen LogP contribution is -2.08. The van der Waals surface area contributed by atoms with E-state index >= 15 is 0 Å². The van der Waals surface area contributed by atoms with E-state index in [1.54, 1.807) is 24.3 Å². The van der Waals surface area contributed by atoms with Crippen molar-refractivity contribution in [2.75, 3.05) is 0 Å². The molecule has 18 heavy (non-hydrogen) atoms. The average Bonchev–Trinajstić information content (AvgIpc) is 2.40. The molecule has 0 heterocycles. The normalized spacial score (nSPS) is 9.78. The minimum Gasteiger partial charge on any atom is -0.438 e. The maximum Gasteiger partial charge on any atom is 0.311 e. The number of nitro benzene ring substituents is 1. The van der Waals surface area contributed by atoms with Gasteiger partial charge in [-0.05, 0) is 18.3 Å². The molecule has 4 nitrogen and oxygen atoms in total. The van der Waals surface area contributed by atoms with Gasteiger partial charge in [0.05, 0.1) is 4.92 Å². The second-order valence-corrected chi connectivity index (χ2v) is 3.85. The van der Waals surface area contributed by atoms with Gasteiger partial charge in [-0.3, -0.25) is 10.1 Å². The predicted octanol–water partition coefficient (Wildman–Crippen LogP) is 3.35. The van der Waals surface area contributed by atoms with E-state index < -0.39 is 4.92 Å². The topological polar surface area (TPSA) is 52.4 Å². The van der Waals surface area contributed by atoms with E-state index in [4.69, 9.17) is 17.0 Å². The highest BCUT2D eigenvalue weighted by molar-refractivity contribution is 7.80. The first kappa shape index (κ1) is 12.2. The molecule has 0 bridgehead atoms. The van der Waals surface area contributed by atoms with E-state index in [1.807, 2.05) is 18.2 Å². The summed E-state index contributed by atoms with van der Waals surface area (Å²) in [5.74, 6) is 0.149. The molecule has 0 aliphatic carbocycles. The Hall–Kier alpha value is -2.27. The van der Waals surface area contributed by atoms with Crippen molar-refractivity contribution in [3.8, 4) is 5.75 Å². The van der Waals surface area contributed by atoms with Gasteiger partial charge >= 0.3 is 5.69 Å². The highest BCUT2D eigenvalue weighted by Crippen LogP contribution is 2.26. The third kappa shape index (κ3) is 2.70. The molecule has 90 valence electrons. The first-order chi connectivity index (χ1) is 8.68. The number of thiocarbonyl (C=S) groups is 1. The third-order valence-electron chi connectivity index (χ3n) is 2.27. The second kappa shape index (κ2) is 5.37. The van der Waals surface area contributed by atoms with Crippen LogP contribution in [0.1, 0.15) is 5.56 Å². The van der Waals surface area contributed by atoms with Crippen LogP contribution >= 0.6 is 12.2 Å². The lowest BCUT2D eigenvalue weighted by molar-refractivity contribution is -0.385. The molecule has 0 spiro atoms. The first-order valence-corrected chi connectivity index (χ1v) is 5.60. The molecule has 0 aliphatic heterocycles. The smallest absolute Gasteiger partial charge is 0.311 e. The number of nitrogens with zero attached hydrogens (tertiary/aromatic N) is 1. The van der Waals surface area contributed by atoms with Crippen LogP contribution in [0.2, 0.25) is 0 Å². The summed E-state index contributed by atoms with van der Waals surface area (Å²) in [5.41, 5.74) is 0.612. The first-order valence-electron chi connectivity index (χ1n) is 5.19. The SMILES string of the molecule is O=[N+]([O-])c1ccccc1OC(=S)c1ccccc1. The lowest BCUT2D eigenvalue weighted by atomic mass is 10.2. The molecule has 2 aromatic carbocycles. The Morgan fingerprint density at radius 1 is 1.06 bits per heavy atom. The standard InChI is InChI=1S/C13H9NO3S/c15-14(16)11-8-4-5-9-12(11)17-13(18)10-6-2-1-3-7-10/h1-9H. The molecule has 0 aromatic heterocycles. The van der Waals surface area contributed by atoms with Crippen molar-refractivity contribution in [2.45, 2.75) is 0 Å². The van der Waals surface area contributed by atoms with Crippen molar-refractivity contribution in [3.05, 3.63) is 70.3 Å². The molecule has 0 unspecified atom stereocenters. The average molecular weight is 259 g/mol. The lowest BCUT2D eigenvalue weighted by Gasteiger charge is -2.07. The summed E-state index contributed by atoms with van der Waals surface area (Å²) in [6, 6.07) is 15.2. The van der Waals surface area contributed by atoms with Crippen LogP contribution < -0.4 is 4.74 Å². The molecule has 0 fully saturated rings. The zero-order valence-electron chi connectivity index (χ0n) is 9.28. The molecule has 0 atom stereocenters. The molecule has 5 heteroatoms. The molecular weight excluding hydrogens is 250 g/mol. The molecule has 0 amide bonds. The Labute approximate surface area is 109 Å². The van der Waals surface area contributed by atoms with Crippen LogP contribution in [0.25, 0.3) is 0 Å². The molecule has 0 saturated heterocycles. The Morgan fingerprint density at radius 2 is 1.67 bits per heavy atom. The van der Waals surface area contributed by atoms with Gasteiger partial charge in [0.2, 0.25) is 5.75 Å². The van der Waals surface area contributed by atoms with Crippen molar-refractivity contribution in [2.24, 2.45) is 0 Å². The molecule has 0 saturated carbocycles. The number of rotatable bonds is 3. The maximum atomic E-state index is 10.8. The van der Waals surface area contributed by atoms with Gasteiger partial charge in [0.15, 0.2) is 5.05 Å². The summed E-state index contributed by atoms with van der Waals surface area (Å²) in [4.78, 5) is 10.3. The quantitative estimate of drug-likeness (QED) is 0.482. The van der Waals surface area contributed by atoms with Gasteiger partial charge in [-0.1, -0.05) is 42.5 Å². The van der Waals surface area contributed by atoms with E-state index in [-0.39, 0.29) is 16.5 Å². The van der Waals surface area contributed by atoms with Gasteiger partial charge in [0.1, 0.15) is 0 Å². The Morgan fingerprint density at radius 3 is 2.33 bits per heavy atom. The second-order valence-electron chi connectivity index (χ2n) is 3.48. The summed E-state index contributed by atoms with van der Waals surface area (Å²) in [5, 5.41) is 11.0.